The van der Waals surface area contributed by atoms with E-state index in [1.807, 2.05) is 24.3 Å². The third-order valence-corrected chi connectivity index (χ3v) is 4.75. The van der Waals surface area contributed by atoms with Crippen molar-refractivity contribution in [2.75, 3.05) is 0 Å². The van der Waals surface area contributed by atoms with Gasteiger partial charge in [-0.2, -0.15) is 0 Å². The van der Waals surface area contributed by atoms with Gasteiger partial charge in [0.1, 0.15) is 0 Å². The standard InChI is InChI=1S/C25H18F2/c1-17-5-7-18(8-6-17)19-9-11-20(12-10-19)21-13-15-22(16-14-21)23-3-2-4-24(26)25(23)27/h2-16H,1H3. The zero-order valence-corrected chi connectivity index (χ0v) is 14.9. The van der Waals surface area contributed by atoms with Crippen molar-refractivity contribution in [2.24, 2.45) is 0 Å². The van der Waals surface area contributed by atoms with Gasteiger partial charge >= 0.3 is 0 Å². The normalized spacial score (nSPS) is 10.8. The summed E-state index contributed by atoms with van der Waals surface area (Å²) in [5.41, 5.74) is 6.64. The molecule has 4 rings (SSSR count). The molecular weight excluding hydrogens is 338 g/mol. The van der Waals surface area contributed by atoms with Gasteiger partial charge in [-0.3, -0.25) is 0 Å². The van der Waals surface area contributed by atoms with E-state index in [0.717, 1.165) is 22.8 Å². The summed E-state index contributed by atoms with van der Waals surface area (Å²) in [6.45, 7) is 2.08. The van der Waals surface area contributed by atoms with Crippen LogP contribution in [0, 0.1) is 18.6 Å². The van der Waals surface area contributed by atoms with Gasteiger partial charge in [0.15, 0.2) is 11.6 Å². The first-order valence-corrected chi connectivity index (χ1v) is 8.84. The van der Waals surface area contributed by atoms with E-state index in [9.17, 15) is 8.78 Å². The highest BCUT2D eigenvalue weighted by Crippen LogP contribution is 2.29. The zero-order chi connectivity index (χ0) is 18.8. The van der Waals surface area contributed by atoms with Crippen LogP contribution in [0.1, 0.15) is 5.56 Å². The molecule has 0 unspecified atom stereocenters. The van der Waals surface area contributed by atoms with Crippen LogP contribution in [0.25, 0.3) is 33.4 Å². The Labute approximate surface area is 157 Å². The molecule has 0 N–H and O–H groups in total. The van der Waals surface area contributed by atoms with Crippen molar-refractivity contribution in [1.29, 1.82) is 0 Å². The lowest BCUT2D eigenvalue weighted by atomic mass is 9.97. The predicted molar refractivity (Wildman–Crippen MR) is 107 cm³/mol. The largest absolute Gasteiger partial charge is 0.204 e. The molecule has 132 valence electrons. The summed E-state index contributed by atoms with van der Waals surface area (Å²) in [6, 6.07) is 28.5. The lowest BCUT2D eigenvalue weighted by molar-refractivity contribution is 0.511. The Balaban J connectivity index is 1.60. The van der Waals surface area contributed by atoms with E-state index in [4.69, 9.17) is 0 Å². The molecule has 0 aliphatic carbocycles. The minimum atomic E-state index is -0.830. The maximum Gasteiger partial charge on any atom is 0.166 e. The summed E-state index contributed by atoms with van der Waals surface area (Å²) in [7, 11) is 0. The number of aryl methyl sites for hydroxylation is 1. The summed E-state index contributed by atoms with van der Waals surface area (Å²) in [4.78, 5) is 0. The van der Waals surface area contributed by atoms with E-state index in [0.29, 0.717) is 5.56 Å². The van der Waals surface area contributed by atoms with E-state index < -0.39 is 11.6 Å². The van der Waals surface area contributed by atoms with Gasteiger partial charge in [0, 0.05) is 5.56 Å². The van der Waals surface area contributed by atoms with Crippen LogP contribution in [0.15, 0.2) is 91.0 Å². The van der Waals surface area contributed by atoms with Crippen LogP contribution < -0.4 is 0 Å². The highest BCUT2D eigenvalue weighted by molar-refractivity contribution is 5.73. The number of benzene rings is 4. The van der Waals surface area contributed by atoms with Gasteiger partial charge in [0.2, 0.25) is 0 Å². The van der Waals surface area contributed by atoms with Gasteiger partial charge in [0.25, 0.3) is 0 Å². The van der Waals surface area contributed by atoms with E-state index in [2.05, 4.69) is 55.5 Å². The van der Waals surface area contributed by atoms with Crippen molar-refractivity contribution in [2.45, 2.75) is 6.92 Å². The van der Waals surface area contributed by atoms with Crippen molar-refractivity contribution in [3.05, 3.63) is 108 Å². The third-order valence-electron chi connectivity index (χ3n) is 4.75. The summed E-state index contributed by atoms with van der Waals surface area (Å²) in [6.07, 6.45) is 0. The minimum absolute atomic E-state index is 0.274. The number of rotatable bonds is 3. The molecule has 0 aliphatic heterocycles. The fraction of sp³-hybridized carbons (Fsp3) is 0.0400. The SMILES string of the molecule is Cc1ccc(-c2ccc(-c3ccc(-c4cccc(F)c4F)cc3)cc2)cc1. The molecule has 0 amide bonds. The van der Waals surface area contributed by atoms with E-state index in [1.54, 1.807) is 6.07 Å². The van der Waals surface area contributed by atoms with Gasteiger partial charge in [-0.15, -0.1) is 0 Å². The quantitative estimate of drug-likeness (QED) is 0.362. The van der Waals surface area contributed by atoms with Crippen LogP contribution in [0.2, 0.25) is 0 Å². The maximum absolute atomic E-state index is 14.0. The third kappa shape index (κ3) is 3.52. The van der Waals surface area contributed by atoms with Crippen LogP contribution >= 0.6 is 0 Å². The molecule has 4 aromatic carbocycles. The average molecular weight is 356 g/mol. The Morgan fingerprint density at radius 1 is 0.481 bits per heavy atom. The molecule has 0 aliphatic rings. The van der Waals surface area contributed by atoms with Crippen LogP contribution in [0.5, 0.6) is 0 Å². The van der Waals surface area contributed by atoms with Crippen molar-refractivity contribution in [3.8, 4) is 33.4 Å². The average Bonchev–Trinajstić information content (AvgIpc) is 2.71. The fourth-order valence-electron chi connectivity index (χ4n) is 3.17. The lowest BCUT2D eigenvalue weighted by Gasteiger charge is -2.08. The Morgan fingerprint density at radius 2 is 0.889 bits per heavy atom. The Bertz CT molecular complexity index is 1060. The van der Waals surface area contributed by atoms with Crippen molar-refractivity contribution in [3.63, 3.8) is 0 Å². The molecule has 0 fully saturated rings. The maximum atomic E-state index is 14.0. The Kier molecular flexibility index (Phi) is 4.55. The van der Waals surface area contributed by atoms with Crippen LogP contribution in [0.4, 0.5) is 8.78 Å². The van der Waals surface area contributed by atoms with Crippen molar-refractivity contribution < 1.29 is 8.78 Å². The fourth-order valence-corrected chi connectivity index (χ4v) is 3.17. The molecule has 0 spiro atoms. The first-order chi connectivity index (χ1) is 13.1. The smallest absolute Gasteiger partial charge is 0.166 e. The van der Waals surface area contributed by atoms with Gasteiger partial charge in [0.05, 0.1) is 0 Å². The van der Waals surface area contributed by atoms with E-state index >= 15 is 0 Å². The molecule has 0 saturated carbocycles. The van der Waals surface area contributed by atoms with E-state index in [1.165, 1.54) is 17.2 Å². The molecular formula is C25H18F2. The van der Waals surface area contributed by atoms with Crippen molar-refractivity contribution in [1.82, 2.24) is 0 Å². The van der Waals surface area contributed by atoms with Gasteiger partial charge in [-0.1, -0.05) is 90.5 Å². The van der Waals surface area contributed by atoms with Crippen molar-refractivity contribution >= 4 is 0 Å². The molecule has 4 aromatic rings. The number of hydrogen-bond donors (Lipinski definition) is 0. The molecule has 27 heavy (non-hydrogen) atoms. The Morgan fingerprint density at radius 3 is 1.37 bits per heavy atom. The molecule has 0 atom stereocenters. The molecule has 0 aromatic heterocycles. The molecule has 0 bridgehead atoms. The zero-order valence-electron chi connectivity index (χ0n) is 14.9. The lowest BCUT2D eigenvalue weighted by Crippen LogP contribution is -1.89. The first kappa shape index (κ1) is 17.2. The summed E-state index contributed by atoms with van der Waals surface area (Å²) in [5, 5.41) is 0. The molecule has 0 nitrogen and oxygen atoms in total. The first-order valence-electron chi connectivity index (χ1n) is 8.84. The topological polar surface area (TPSA) is 0 Å². The van der Waals surface area contributed by atoms with Crippen LogP contribution in [0.3, 0.4) is 0 Å². The monoisotopic (exact) mass is 356 g/mol. The minimum Gasteiger partial charge on any atom is -0.204 e. The molecule has 0 radical (unpaired) electrons. The second-order valence-corrected chi connectivity index (χ2v) is 6.62. The predicted octanol–water partition coefficient (Wildman–Crippen LogP) is 7.27. The van der Waals surface area contributed by atoms with Crippen LogP contribution in [-0.2, 0) is 0 Å². The second kappa shape index (κ2) is 7.16. The molecule has 0 heterocycles. The van der Waals surface area contributed by atoms with Crippen LogP contribution in [-0.4, -0.2) is 0 Å². The highest BCUT2D eigenvalue weighted by Gasteiger charge is 2.09. The molecule has 2 heteroatoms. The number of hydrogen-bond acceptors (Lipinski definition) is 0. The van der Waals surface area contributed by atoms with E-state index in [-0.39, 0.29) is 5.56 Å². The highest BCUT2D eigenvalue weighted by atomic mass is 19.2. The second-order valence-electron chi connectivity index (χ2n) is 6.62. The Hall–Kier alpha value is -3.26. The molecule has 0 saturated heterocycles. The number of halogens is 2. The van der Waals surface area contributed by atoms with Gasteiger partial charge < -0.3 is 0 Å². The summed E-state index contributed by atoms with van der Waals surface area (Å²) >= 11 is 0. The van der Waals surface area contributed by atoms with Gasteiger partial charge in [-0.25, -0.2) is 8.78 Å². The van der Waals surface area contributed by atoms with Gasteiger partial charge in [-0.05, 0) is 40.8 Å². The summed E-state index contributed by atoms with van der Waals surface area (Å²) in [5.74, 6) is -1.64. The summed E-state index contributed by atoms with van der Waals surface area (Å²) < 4.78 is 27.4.